The number of hydrogen-bond donors (Lipinski definition) is 1. The third kappa shape index (κ3) is 4.47. The quantitative estimate of drug-likeness (QED) is 0.890. The van der Waals surface area contributed by atoms with Crippen LogP contribution in [-0.2, 0) is 15.7 Å². The number of methoxy groups -OCH3 is 1. The van der Waals surface area contributed by atoms with Gasteiger partial charge in [0, 0.05) is 19.2 Å². The number of halogens is 3. The van der Waals surface area contributed by atoms with Gasteiger partial charge in [-0.25, -0.2) is 0 Å². The molecule has 2 amide bonds. The van der Waals surface area contributed by atoms with Gasteiger partial charge in [0.15, 0.2) is 0 Å². The number of benzene rings is 1. The average molecular weight is 344 g/mol. The summed E-state index contributed by atoms with van der Waals surface area (Å²) < 4.78 is 43.0. The van der Waals surface area contributed by atoms with E-state index in [-0.39, 0.29) is 24.1 Å². The molecule has 0 aromatic heterocycles. The van der Waals surface area contributed by atoms with Gasteiger partial charge in [0.05, 0.1) is 24.8 Å². The van der Waals surface area contributed by atoms with Crippen LogP contribution < -0.4 is 5.32 Å². The van der Waals surface area contributed by atoms with Crippen LogP contribution >= 0.6 is 0 Å². The van der Waals surface area contributed by atoms with Crippen LogP contribution in [0.25, 0.3) is 0 Å². The van der Waals surface area contributed by atoms with Gasteiger partial charge in [-0.2, -0.15) is 13.2 Å². The summed E-state index contributed by atoms with van der Waals surface area (Å²) in [6.07, 6.45) is -2.82. The lowest BCUT2D eigenvalue weighted by atomic mass is 10.1. The fourth-order valence-corrected chi connectivity index (χ4v) is 2.73. The van der Waals surface area contributed by atoms with Crippen LogP contribution in [0.5, 0.6) is 0 Å². The van der Waals surface area contributed by atoms with Crippen molar-refractivity contribution in [2.24, 2.45) is 0 Å². The molecule has 0 saturated carbocycles. The summed E-state index contributed by atoms with van der Waals surface area (Å²) in [6, 6.07) is 4.08. The van der Waals surface area contributed by atoms with Crippen molar-refractivity contribution in [3.63, 3.8) is 0 Å². The smallest absolute Gasteiger partial charge is 0.383 e. The molecule has 1 aliphatic heterocycles. The van der Waals surface area contributed by atoms with Gasteiger partial charge >= 0.3 is 6.18 Å². The van der Waals surface area contributed by atoms with E-state index >= 15 is 0 Å². The zero-order chi connectivity index (χ0) is 17.7. The van der Waals surface area contributed by atoms with E-state index in [9.17, 15) is 22.8 Å². The van der Waals surface area contributed by atoms with Crippen molar-refractivity contribution in [3.05, 3.63) is 35.4 Å². The normalized spacial score (nSPS) is 17.8. The Labute approximate surface area is 137 Å². The summed E-state index contributed by atoms with van der Waals surface area (Å²) in [4.78, 5) is 25.8. The maximum Gasteiger partial charge on any atom is 0.416 e. The maximum atomic E-state index is 12.7. The first-order chi connectivity index (χ1) is 11.3. The SMILES string of the molecule is COC[C@@H]1CCCN1C(=O)CNC(=O)c1cccc(C(F)(F)F)c1. The molecule has 1 aromatic carbocycles. The van der Waals surface area contributed by atoms with E-state index in [0.29, 0.717) is 13.2 Å². The van der Waals surface area contributed by atoms with E-state index in [1.807, 2.05) is 0 Å². The van der Waals surface area contributed by atoms with E-state index in [0.717, 1.165) is 31.0 Å². The lowest BCUT2D eigenvalue weighted by molar-refractivity contribution is -0.137. The van der Waals surface area contributed by atoms with Crippen LogP contribution in [-0.4, -0.2) is 49.6 Å². The van der Waals surface area contributed by atoms with Gasteiger partial charge in [0.1, 0.15) is 0 Å². The molecule has 132 valence electrons. The van der Waals surface area contributed by atoms with Crippen LogP contribution in [0.4, 0.5) is 13.2 Å². The molecule has 1 heterocycles. The number of rotatable bonds is 5. The first kappa shape index (κ1) is 18.3. The van der Waals surface area contributed by atoms with Crippen molar-refractivity contribution >= 4 is 11.8 Å². The van der Waals surface area contributed by atoms with E-state index in [4.69, 9.17) is 4.74 Å². The Morgan fingerprint density at radius 3 is 2.79 bits per heavy atom. The summed E-state index contributed by atoms with van der Waals surface area (Å²) in [5.41, 5.74) is -1.03. The molecule has 1 aliphatic rings. The highest BCUT2D eigenvalue weighted by Gasteiger charge is 2.31. The average Bonchev–Trinajstić information content (AvgIpc) is 3.00. The summed E-state index contributed by atoms with van der Waals surface area (Å²) in [5.74, 6) is -0.980. The van der Waals surface area contributed by atoms with E-state index < -0.39 is 17.6 Å². The van der Waals surface area contributed by atoms with Gasteiger partial charge < -0.3 is 15.0 Å². The summed E-state index contributed by atoms with van der Waals surface area (Å²) >= 11 is 0. The van der Waals surface area contributed by atoms with Gasteiger partial charge in [0.25, 0.3) is 5.91 Å². The first-order valence-electron chi connectivity index (χ1n) is 7.57. The fraction of sp³-hybridized carbons (Fsp3) is 0.500. The molecule has 1 atom stereocenters. The number of nitrogens with zero attached hydrogens (tertiary/aromatic N) is 1. The van der Waals surface area contributed by atoms with E-state index in [1.54, 1.807) is 12.0 Å². The molecular weight excluding hydrogens is 325 g/mol. The van der Waals surface area contributed by atoms with Crippen molar-refractivity contribution in [1.82, 2.24) is 10.2 Å². The molecule has 2 rings (SSSR count). The van der Waals surface area contributed by atoms with Crippen molar-refractivity contribution in [2.45, 2.75) is 25.1 Å². The van der Waals surface area contributed by atoms with Gasteiger partial charge in [-0.1, -0.05) is 6.07 Å². The summed E-state index contributed by atoms with van der Waals surface area (Å²) in [5, 5.41) is 2.38. The molecule has 1 saturated heterocycles. The second-order valence-corrected chi connectivity index (χ2v) is 5.60. The number of carbonyl (C=O) groups excluding carboxylic acids is 2. The number of nitrogens with one attached hydrogen (secondary N) is 1. The number of ether oxygens (including phenoxy) is 1. The topological polar surface area (TPSA) is 58.6 Å². The zero-order valence-corrected chi connectivity index (χ0v) is 13.2. The highest BCUT2D eigenvalue weighted by molar-refractivity contribution is 5.96. The van der Waals surface area contributed by atoms with Crippen LogP contribution in [0.2, 0.25) is 0 Å². The van der Waals surface area contributed by atoms with E-state index in [1.165, 1.54) is 6.07 Å². The lowest BCUT2D eigenvalue weighted by Crippen LogP contribution is -2.44. The minimum absolute atomic E-state index is 0.0204. The fourth-order valence-electron chi connectivity index (χ4n) is 2.73. The monoisotopic (exact) mass is 344 g/mol. The second-order valence-electron chi connectivity index (χ2n) is 5.60. The molecule has 0 radical (unpaired) electrons. The maximum absolute atomic E-state index is 12.7. The van der Waals surface area contributed by atoms with Gasteiger partial charge in [-0.05, 0) is 31.0 Å². The lowest BCUT2D eigenvalue weighted by Gasteiger charge is -2.24. The predicted molar refractivity (Wildman–Crippen MR) is 80.4 cm³/mol. The largest absolute Gasteiger partial charge is 0.416 e. The van der Waals surface area contributed by atoms with Crippen molar-refractivity contribution in [2.75, 3.05) is 26.8 Å². The molecule has 5 nitrogen and oxygen atoms in total. The van der Waals surface area contributed by atoms with Crippen LogP contribution in [0, 0.1) is 0 Å². The molecule has 24 heavy (non-hydrogen) atoms. The van der Waals surface area contributed by atoms with Crippen LogP contribution in [0.1, 0.15) is 28.8 Å². The number of likely N-dealkylation sites (tertiary alicyclic amines) is 1. The molecular formula is C16H19F3N2O3. The van der Waals surface area contributed by atoms with Crippen LogP contribution in [0.3, 0.4) is 0 Å². The molecule has 0 unspecified atom stereocenters. The zero-order valence-electron chi connectivity index (χ0n) is 13.2. The Kier molecular flexibility index (Phi) is 5.82. The highest BCUT2D eigenvalue weighted by Crippen LogP contribution is 2.29. The Hall–Kier alpha value is -2.09. The minimum Gasteiger partial charge on any atom is -0.383 e. The van der Waals surface area contributed by atoms with Crippen LogP contribution in [0.15, 0.2) is 24.3 Å². The Bertz CT molecular complexity index is 604. The predicted octanol–water partition coefficient (Wildman–Crippen LogP) is 2.07. The molecule has 8 heteroatoms. The minimum atomic E-state index is -4.52. The summed E-state index contributed by atoms with van der Waals surface area (Å²) in [6.45, 7) is 0.759. The van der Waals surface area contributed by atoms with Gasteiger partial charge in [-0.3, -0.25) is 9.59 Å². The molecule has 0 aliphatic carbocycles. The van der Waals surface area contributed by atoms with Gasteiger partial charge in [0.2, 0.25) is 5.91 Å². The molecule has 0 spiro atoms. The first-order valence-corrected chi connectivity index (χ1v) is 7.57. The standard InChI is InChI=1S/C16H19F3N2O3/c1-24-10-13-6-3-7-21(13)14(22)9-20-15(23)11-4-2-5-12(8-11)16(17,18)19/h2,4-5,8,13H,3,6-7,9-10H2,1H3,(H,20,23)/t13-/m0/s1. The number of hydrogen-bond acceptors (Lipinski definition) is 3. The molecule has 1 fully saturated rings. The number of carbonyl (C=O) groups is 2. The third-order valence-corrected chi connectivity index (χ3v) is 3.91. The molecule has 1 aromatic rings. The van der Waals surface area contributed by atoms with Crippen molar-refractivity contribution in [1.29, 1.82) is 0 Å². The molecule has 0 bridgehead atoms. The van der Waals surface area contributed by atoms with Crippen molar-refractivity contribution < 1.29 is 27.5 Å². The highest BCUT2D eigenvalue weighted by atomic mass is 19.4. The second kappa shape index (κ2) is 7.65. The third-order valence-electron chi connectivity index (χ3n) is 3.91. The molecule has 1 N–H and O–H groups in total. The van der Waals surface area contributed by atoms with Gasteiger partial charge in [-0.15, -0.1) is 0 Å². The Balaban J connectivity index is 1.94. The van der Waals surface area contributed by atoms with E-state index in [2.05, 4.69) is 5.32 Å². The van der Waals surface area contributed by atoms with Crippen molar-refractivity contribution in [3.8, 4) is 0 Å². The number of amides is 2. The Morgan fingerprint density at radius 2 is 2.12 bits per heavy atom. The Morgan fingerprint density at radius 1 is 1.38 bits per heavy atom. The summed E-state index contributed by atoms with van der Waals surface area (Å²) in [7, 11) is 1.55. The number of alkyl halides is 3.